The number of ether oxygens (including phenoxy) is 1. The van der Waals surface area contributed by atoms with E-state index in [1.54, 1.807) is 19.2 Å². The first-order valence-corrected chi connectivity index (χ1v) is 8.47. The lowest BCUT2D eigenvalue weighted by molar-refractivity contribution is 0.0746. The van der Waals surface area contributed by atoms with Crippen molar-refractivity contribution in [3.05, 3.63) is 58.1 Å². The number of benzene rings is 2. The van der Waals surface area contributed by atoms with Crippen molar-refractivity contribution in [2.24, 2.45) is 0 Å². The molecule has 0 spiro atoms. The molecule has 1 amide bonds. The fraction of sp³-hybridized carbons (Fsp3) is 0.278. The summed E-state index contributed by atoms with van der Waals surface area (Å²) in [6.07, 6.45) is 0. The van der Waals surface area contributed by atoms with Gasteiger partial charge in [0.15, 0.2) is 0 Å². The van der Waals surface area contributed by atoms with Gasteiger partial charge in [-0.3, -0.25) is 4.79 Å². The fourth-order valence-electron chi connectivity index (χ4n) is 2.79. The van der Waals surface area contributed by atoms with E-state index in [1.165, 1.54) is 0 Å². The molecule has 4 nitrogen and oxygen atoms in total. The Bertz CT molecular complexity index is 744. The third-order valence-electron chi connectivity index (χ3n) is 4.15. The van der Waals surface area contributed by atoms with Crippen LogP contribution in [0.2, 0.25) is 10.0 Å². The van der Waals surface area contributed by atoms with Crippen molar-refractivity contribution in [2.75, 3.05) is 38.2 Å². The van der Waals surface area contributed by atoms with Crippen LogP contribution in [0.1, 0.15) is 10.4 Å². The molecule has 0 bridgehead atoms. The number of carbonyl (C=O) groups is 1. The third kappa shape index (κ3) is 3.60. The molecule has 1 aliphatic rings. The van der Waals surface area contributed by atoms with E-state index < -0.39 is 0 Å². The second kappa shape index (κ2) is 7.32. The second-order valence-electron chi connectivity index (χ2n) is 5.61. The van der Waals surface area contributed by atoms with E-state index in [1.807, 2.05) is 35.2 Å². The Kier molecular flexibility index (Phi) is 5.17. The van der Waals surface area contributed by atoms with Gasteiger partial charge in [-0.25, -0.2) is 0 Å². The Morgan fingerprint density at radius 1 is 1.00 bits per heavy atom. The Balaban J connectivity index is 1.65. The largest absolute Gasteiger partial charge is 0.497 e. The van der Waals surface area contributed by atoms with Gasteiger partial charge in [-0.15, -0.1) is 0 Å². The van der Waals surface area contributed by atoms with Gasteiger partial charge < -0.3 is 14.5 Å². The molecule has 24 heavy (non-hydrogen) atoms. The number of halogens is 2. The first kappa shape index (κ1) is 16.9. The van der Waals surface area contributed by atoms with Crippen LogP contribution in [0, 0.1) is 0 Å². The van der Waals surface area contributed by atoms with Crippen LogP contribution in [0.15, 0.2) is 42.5 Å². The molecule has 0 N–H and O–H groups in total. The average molecular weight is 365 g/mol. The normalized spacial score (nSPS) is 14.6. The van der Waals surface area contributed by atoms with Crippen molar-refractivity contribution >= 4 is 34.8 Å². The van der Waals surface area contributed by atoms with E-state index in [2.05, 4.69) is 4.90 Å². The number of rotatable bonds is 3. The molecule has 0 saturated carbocycles. The maximum absolute atomic E-state index is 12.6. The van der Waals surface area contributed by atoms with E-state index in [0.29, 0.717) is 34.4 Å². The number of piperazine rings is 1. The standard InChI is InChI=1S/C18H18Cl2N2O2/c1-24-15-4-2-3-13(11-15)18(23)22-9-7-21(8-10-22)14-5-6-16(19)17(20)12-14/h2-6,11-12H,7-10H2,1H3. The van der Waals surface area contributed by atoms with E-state index in [0.717, 1.165) is 18.8 Å². The molecule has 1 fully saturated rings. The van der Waals surface area contributed by atoms with E-state index in [4.69, 9.17) is 27.9 Å². The van der Waals surface area contributed by atoms with Crippen LogP contribution in [-0.2, 0) is 0 Å². The molecule has 0 unspecified atom stereocenters. The number of anilines is 1. The Hall–Kier alpha value is -1.91. The highest BCUT2D eigenvalue weighted by molar-refractivity contribution is 6.42. The number of hydrogen-bond acceptors (Lipinski definition) is 3. The van der Waals surface area contributed by atoms with Gasteiger partial charge in [0.05, 0.1) is 17.2 Å². The van der Waals surface area contributed by atoms with Crippen LogP contribution in [0.4, 0.5) is 5.69 Å². The molecule has 0 atom stereocenters. The van der Waals surface area contributed by atoms with Crippen LogP contribution < -0.4 is 9.64 Å². The van der Waals surface area contributed by atoms with Crippen LogP contribution in [0.5, 0.6) is 5.75 Å². The highest BCUT2D eigenvalue weighted by atomic mass is 35.5. The van der Waals surface area contributed by atoms with Gasteiger partial charge in [0, 0.05) is 37.4 Å². The molecule has 1 aliphatic heterocycles. The molecule has 0 aromatic heterocycles. The molecular weight excluding hydrogens is 347 g/mol. The first-order chi connectivity index (χ1) is 11.6. The van der Waals surface area contributed by atoms with E-state index in [-0.39, 0.29) is 5.91 Å². The van der Waals surface area contributed by atoms with E-state index >= 15 is 0 Å². The third-order valence-corrected chi connectivity index (χ3v) is 4.89. The quantitative estimate of drug-likeness (QED) is 0.825. The number of hydrogen-bond donors (Lipinski definition) is 0. The van der Waals surface area contributed by atoms with Gasteiger partial charge in [-0.1, -0.05) is 29.3 Å². The number of nitrogens with zero attached hydrogens (tertiary/aromatic N) is 2. The Labute approximate surface area is 151 Å². The lowest BCUT2D eigenvalue weighted by Gasteiger charge is -2.36. The van der Waals surface area contributed by atoms with Gasteiger partial charge in [0.25, 0.3) is 5.91 Å². The summed E-state index contributed by atoms with van der Waals surface area (Å²) >= 11 is 12.0. The molecule has 0 aliphatic carbocycles. The van der Waals surface area contributed by atoms with Crippen molar-refractivity contribution in [3.8, 4) is 5.75 Å². The summed E-state index contributed by atoms with van der Waals surface area (Å²) in [5.41, 5.74) is 1.68. The molecular formula is C18H18Cl2N2O2. The average Bonchev–Trinajstić information content (AvgIpc) is 2.63. The van der Waals surface area contributed by atoms with Gasteiger partial charge in [0.2, 0.25) is 0 Å². The van der Waals surface area contributed by atoms with Gasteiger partial charge in [-0.2, -0.15) is 0 Å². The number of carbonyl (C=O) groups excluding carboxylic acids is 1. The smallest absolute Gasteiger partial charge is 0.254 e. The van der Waals surface area contributed by atoms with Crippen LogP contribution in [0.3, 0.4) is 0 Å². The van der Waals surface area contributed by atoms with Crippen LogP contribution in [0.25, 0.3) is 0 Å². The zero-order valence-electron chi connectivity index (χ0n) is 13.3. The molecule has 0 radical (unpaired) electrons. The summed E-state index contributed by atoms with van der Waals surface area (Å²) < 4.78 is 5.19. The Morgan fingerprint density at radius 3 is 2.42 bits per heavy atom. The Morgan fingerprint density at radius 2 is 1.75 bits per heavy atom. The lowest BCUT2D eigenvalue weighted by Crippen LogP contribution is -2.48. The summed E-state index contributed by atoms with van der Waals surface area (Å²) in [6, 6.07) is 12.9. The van der Waals surface area contributed by atoms with Gasteiger partial charge in [-0.05, 0) is 36.4 Å². The zero-order chi connectivity index (χ0) is 17.1. The van der Waals surface area contributed by atoms with Crippen molar-refractivity contribution in [1.29, 1.82) is 0 Å². The van der Waals surface area contributed by atoms with Crippen LogP contribution >= 0.6 is 23.2 Å². The highest BCUT2D eigenvalue weighted by Gasteiger charge is 2.22. The molecule has 1 saturated heterocycles. The monoisotopic (exact) mass is 364 g/mol. The zero-order valence-corrected chi connectivity index (χ0v) is 14.8. The van der Waals surface area contributed by atoms with Crippen molar-refractivity contribution < 1.29 is 9.53 Å². The second-order valence-corrected chi connectivity index (χ2v) is 6.42. The first-order valence-electron chi connectivity index (χ1n) is 7.72. The molecule has 3 rings (SSSR count). The molecule has 2 aromatic carbocycles. The summed E-state index contributed by atoms with van der Waals surface area (Å²) in [5.74, 6) is 0.720. The van der Waals surface area contributed by atoms with Crippen molar-refractivity contribution in [2.45, 2.75) is 0 Å². The topological polar surface area (TPSA) is 32.8 Å². The maximum atomic E-state index is 12.6. The summed E-state index contributed by atoms with van der Waals surface area (Å²) in [7, 11) is 1.60. The molecule has 126 valence electrons. The minimum Gasteiger partial charge on any atom is -0.497 e. The van der Waals surface area contributed by atoms with Gasteiger partial charge >= 0.3 is 0 Å². The van der Waals surface area contributed by atoms with Crippen molar-refractivity contribution in [3.63, 3.8) is 0 Å². The predicted molar refractivity (Wildman–Crippen MR) is 97.6 cm³/mol. The predicted octanol–water partition coefficient (Wildman–Crippen LogP) is 3.96. The molecule has 2 aromatic rings. The SMILES string of the molecule is COc1cccc(C(=O)N2CCN(c3ccc(Cl)c(Cl)c3)CC2)c1. The minimum atomic E-state index is 0.0303. The van der Waals surface area contributed by atoms with Gasteiger partial charge in [0.1, 0.15) is 5.75 Å². The highest BCUT2D eigenvalue weighted by Crippen LogP contribution is 2.28. The lowest BCUT2D eigenvalue weighted by atomic mass is 10.1. The fourth-order valence-corrected chi connectivity index (χ4v) is 3.08. The summed E-state index contributed by atoms with van der Waals surface area (Å²) in [4.78, 5) is 16.7. The molecule has 1 heterocycles. The maximum Gasteiger partial charge on any atom is 0.254 e. The van der Waals surface area contributed by atoms with E-state index in [9.17, 15) is 4.79 Å². The summed E-state index contributed by atoms with van der Waals surface area (Å²) in [5, 5.41) is 1.09. The number of amides is 1. The van der Waals surface area contributed by atoms with Crippen molar-refractivity contribution in [1.82, 2.24) is 4.90 Å². The summed E-state index contributed by atoms with van der Waals surface area (Å²) in [6.45, 7) is 2.84. The minimum absolute atomic E-state index is 0.0303. The molecule has 6 heteroatoms. The van der Waals surface area contributed by atoms with Crippen LogP contribution in [-0.4, -0.2) is 44.1 Å². The number of methoxy groups -OCH3 is 1.